The van der Waals surface area contributed by atoms with Gasteiger partial charge in [-0.2, -0.15) is 0 Å². The molecule has 2 aromatic rings. The quantitative estimate of drug-likeness (QED) is 0.671. The van der Waals surface area contributed by atoms with E-state index in [4.69, 9.17) is 9.47 Å². The van der Waals surface area contributed by atoms with Gasteiger partial charge < -0.3 is 14.8 Å². The summed E-state index contributed by atoms with van der Waals surface area (Å²) in [6.45, 7) is 3.46. The summed E-state index contributed by atoms with van der Waals surface area (Å²) in [4.78, 5) is 0. The summed E-state index contributed by atoms with van der Waals surface area (Å²) in [5.74, 6) is 1.09. The van der Waals surface area contributed by atoms with Gasteiger partial charge in [-0.1, -0.05) is 28.1 Å². The minimum Gasteiger partial charge on any atom is -0.497 e. The number of rotatable bonds is 8. The van der Waals surface area contributed by atoms with Crippen molar-refractivity contribution < 1.29 is 13.9 Å². The zero-order valence-electron chi connectivity index (χ0n) is 13.3. The number of hydrogen-bond donors (Lipinski definition) is 1. The third kappa shape index (κ3) is 5.84. The lowest BCUT2D eigenvalue weighted by molar-refractivity contribution is 0.304. The molecule has 2 rings (SSSR count). The second-order valence-electron chi connectivity index (χ2n) is 5.26. The van der Waals surface area contributed by atoms with Gasteiger partial charge in [-0.3, -0.25) is 0 Å². The first-order chi connectivity index (χ1) is 11.1. The van der Waals surface area contributed by atoms with E-state index >= 15 is 0 Å². The molecule has 124 valence electrons. The van der Waals surface area contributed by atoms with E-state index in [0.29, 0.717) is 16.8 Å². The van der Waals surface area contributed by atoms with Crippen LogP contribution >= 0.6 is 15.9 Å². The first-order valence-corrected chi connectivity index (χ1v) is 8.34. The zero-order valence-corrected chi connectivity index (χ0v) is 14.9. The molecule has 0 aliphatic carbocycles. The predicted octanol–water partition coefficient (Wildman–Crippen LogP) is 4.72. The van der Waals surface area contributed by atoms with E-state index in [1.165, 1.54) is 17.7 Å². The van der Waals surface area contributed by atoms with E-state index in [-0.39, 0.29) is 11.9 Å². The van der Waals surface area contributed by atoms with Crippen LogP contribution in [0.3, 0.4) is 0 Å². The molecule has 0 aliphatic rings. The van der Waals surface area contributed by atoms with E-state index in [1.807, 2.05) is 18.2 Å². The van der Waals surface area contributed by atoms with Crippen molar-refractivity contribution in [1.29, 1.82) is 0 Å². The fraction of sp³-hybridized carbons (Fsp3) is 0.333. The Balaban J connectivity index is 1.72. The molecule has 0 aliphatic heterocycles. The molecule has 0 aromatic heterocycles. The van der Waals surface area contributed by atoms with Crippen LogP contribution in [-0.2, 0) is 0 Å². The fourth-order valence-corrected chi connectivity index (χ4v) is 2.67. The summed E-state index contributed by atoms with van der Waals surface area (Å²) in [6.07, 6.45) is 0.836. The molecule has 0 saturated heterocycles. The Labute approximate surface area is 144 Å². The monoisotopic (exact) mass is 381 g/mol. The van der Waals surface area contributed by atoms with E-state index < -0.39 is 0 Å². The number of ether oxygens (including phenoxy) is 2. The smallest absolute Gasteiger partial charge is 0.128 e. The molecule has 0 bridgehead atoms. The van der Waals surface area contributed by atoms with Crippen LogP contribution < -0.4 is 14.8 Å². The summed E-state index contributed by atoms with van der Waals surface area (Å²) >= 11 is 3.25. The Morgan fingerprint density at radius 2 is 2.00 bits per heavy atom. The lowest BCUT2D eigenvalue weighted by Gasteiger charge is -2.15. The van der Waals surface area contributed by atoms with Crippen LogP contribution in [0, 0.1) is 5.82 Å². The van der Waals surface area contributed by atoms with Crippen LogP contribution in [0.1, 0.15) is 24.9 Å². The molecule has 23 heavy (non-hydrogen) atoms. The molecular weight excluding hydrogens is 361 g/mol. The van der Waals surface area contributed by atoms with Gasteiger partial charge in [0.1, 0.15) is 17.3 Å². The average Bonchev–Trinajstić information content (AvgIpc) is 2.53. The maximum Gasteiger partial charge on any atom is 0.128 e. The Hall–Kier alpha value is -1.59. The topological polar surface area (TPSA) is 30.5 Å². The van der Waals surface area contributed by atoms with Gasteiger partial charge in [0.05, 0.1) is 13.7 Å². The normalized spacial score (nSPS) is 12.0. The van der Waals surface area contributed by atoms with E-state index in [1.54, 1.807) is 13.2 Å². The molecule has 0 fully saturated rings. The Morgan fingerprint density at radius 1 is 1.17 bits per heavy atom. The number of hydrogen-bond acceptors (Lipinski definition) is 3. The van der Waals surface area contributed by atoms with Gasteiger partial charge in [0.2, 0.25) is 0 Å². The lowest BCUT2D eigenvalue weighted by Crippen LogP contribution is -2.21. The Kier molecular flexibility index (Phi) is 6.86. The summed E-state index contributed by atoms with van der Waals surface area (Å²) in [7, 11) is 1.67. The number of nitrogens with one attached hydrogen (secondary N) is 1. The van der Waals surface area contributed by atoms with Crippen LogP contribution in [0.5, 0.6) is 11.5 Å². The van der Waals surface area contributed by atoms with Crippen molar-refractivity contribution >= 4 is 15.9 Å². The predicted molar refractivity (Wildman–Crippen MR) is 93.6 cm³/mol. The molecule has 3 nitrogen and oxygen atoms in total. The van der Waals surface area contributed by atoms with Crippen molar-refractivity contribution in [1.82, 2.24) is 5.32 Å². The number of halogens is 2. The van der Waals surface area contributed by atoms with E-state index in [0.717, 1.165) is 18.7 Å². The number of methoxy groups -OCH3 is 1. The van der Waals surface area contributed by atoms with Crippen molar-refractivity contribution in [3.8, 4) is 11.5 Å². The van der Waals surface area contributed by atoms with Gasteiger partial charge >= 0.3 is 0 Å². The highest BCUT2D eigenvalue weighted by Gasteiger charge is 2.05. The third-order valence-electron chi connectivity index (χ3n) is 3.47. The lowest BCUT2D eigenvalue weighted by atomic mass is 10.1. The largest absolute Gasteiger partial charge is 0.497 e. The van der Waals surface area contributed by atoms with Crippen LogP contribution in [0.4, 0.5) is 4.39 Å². The first-order valence-electron chi connectivity index (χ1n) is 7.54. The van der Waals surface area contributed by atoms with E-state index in [9.17, 15) is 4.39 Å². The third-order valence-corrected chi connectivity index (χ3v) is 3.93. The minimum atomic E-state index is -0.306. The SMILES string of the molecule is COc1cccc(C(C)NCCCOc2cc(F)cc(Br)c2)c1. The van der Waals surface area contributed by atoms with Gasteiger partial charge in [0.25, 0.3) is 0 Å². The van der Waals surface area contributed by atoms with Crippen molar-refractivity contribution in [2.75, 3.05) is 20.3 Å². The van der Waals surface area contributed by atoms with Gasteiger partial charge in [-0.25, -0.2) is 4.39 Å². The van der Waals surface area contributed by atoms with Crippen LogP contribution in [-0.4, -0.2) is 20.3 Å². The zero-order chi connectivity index (χ0) is 16.7. The summed E-state index contributed by atoms with van der Waals surface area (Å²) in [5, 5.41) is 3.44. The highest BCUT2D eigenvalue weighted by molar-refractivity contribution is 9.10. The molecule has 0 amide bonds. The van der Waals surface area contributed by atoms with Crippen molar-refractivity contribution in [2.45, 2.75) is 19.4 Å². The molecule has 5 heteroatoms. The molecule has 0 spiro atoms. The van der Waals surface area contributed by atoms with Gasteiger partial charge in [-0.15, -0.1) is 0 Å². The van der Waals surface area contributed by atoms with Crippen LogP contribution in [0.2, 0.25) is 0 Å². The molecule has 0 saturated carbocycles. The highest BCUT2D eigenvalue weighted by atomic mass is 79.9. The van der Waals surface area contributed by atoms with Crippen molar-refractivity contribution in [2.24, 2.45) is 0 Å². The molecule has 2 aromatic carbocycles. The Morgan fingerprint density at radius 3 is 2.74 bits per heavy atom. The maximum absolute atomic E-state index is 13.2. The first kappa shape index (κ1) is 17.8. The number of benzene rings is 2. The Bertz CT molecular complexity index is 616. The van der Waals surface area contributed by atoms with Crippen molar-refractivity contribution in [3.63, 3.8) is 0 Å². The summed E-state index contributed by atoms with van der Waals surface area (Å²) in [5.41, 5.74) is 1.18. The van der Waals surface area contributed by atoms with Gasteiger partial charge in [0, 0.05) is 16.6 Å². The standard InChI is InChI=1S/C18H21BrFNO2/c1-13(14-5-3-6-17(9-14)22-2)21-7-4-8-23-18-11-15(19)10-16(20)12-18/h3,5-6,9-13,21H,4,7-8H2,1-2H3. The second-order valence-corrected chi connectivity index (χ2v) is 6.18. The van der Waals surface area contributed by atoms with Gasteiger partial charge in [-0.05, 0) is 49.7 Å². The average molecular weight is 382 g/mol. The van der Waals surface area contributed by atoms with Gasteiger partial charge in [0.15, 0.2) is 0 Å². The summed E-state index contributed by atoms with van der Waals surface area (Å²) < 4.78 is 24.7. The molecule has 1 atom stereocenters. The molecule has 0 radical (unpaired) electrons. The maximum atomic E-state index is 13.2. The van der Waals surface area contributed by atoms with Crippen LogP contribution in [0.25, 0.3) is 0 Å². The molecule has 1 unspecified atom stereocenters. The molecule has 1 N–H and O–H groups in total. The summed E-state index contributed by atoms with van der Waals surface area (Å²) in [6, 6.07) is 12.8. The minimum absolute atomic E-state index is 0.230. The van der Waals surface area contributed by atoms with Crippen molar-refractivity contribution in [3.05, 3.63) is 58.3 Å². The molecular formula is C18H21BrFNO2. The van der Waals surface area contributed by atoms with Crippen LogP contribution in [0.15, 0.2) is 46.9 Å². The molecule has 0 heterocycles. The highest BCUT2D eigenvalue weighted by Crippen LogP contribution is 2.21. The second kappa shape index (κ2) is 8.89. The van der Waals surface area contributed by atoms with E-state index in [2.05, 4.69) is 34.2 Å². The fourth-order valence-electron chi connectivity index (χ4n) is 2.22.